The topological polar surface area (TPSA) is 70.9 Å². The molecule has 6 rings (SSSR count). The molecule has 0 bridgehead atoms. The number of halogens is 3. The third-order valence-electron chi connectivity index (χ3n) is 8.12. The molecule has 1 atom stereocenters. The van der Waals surface area contributed by atoms with Crippen molar-refractivity contribution >= 4 is 46.0 Å². The smallest absolute Gasteiger partial charge is 0.350 e. The lowest BCUT2D eigenvalue weighted by atomic mass is 9.97. The summed E-state index contributed by atoms with van der Waals surface area (Å²) in [5.74, 6) is -0.454. The quantitative estimate of drug-likeness (QED) is 0.331. The summed E-state index contributed by atoms with van der Waals surface area (Å²) in [4.78, 5) is 37.3. The van der Waals surface area contributed by atoms with Crippen LogP contribution < -0.4 is 10.6 Å². The van der Waals surface area contributed by atoms with Gasteiger partial charge in [-0.25, -0.2) is 13.6 Å². The molecular weight excluding hydrogens is 572 g/mol. The van der Waals surface area contributed by atoms with Crippen molar-refractivity contribution in [3.63, 3.8) is 0 Å². The Hall–Kier alpha value is -2.99. The molecule has 0 aliphatic carbocycles. The molecule has 3 aromatic rings. The highest BCUT2D eigenvalue weighted by Crippen LogP contribution is 2.45. The Kier molecular flexibility index (Phi) is 7.80. The number of carbonyl (C=O) groups is 1. The van der Waals surface area contributed by atoms with Crippen LogP contribution in [0.3, 0.4) is 0 Å². The summed E-state index contributed by atoms with van der Waals surface area (Å²) in [7, 11) is 0. The maximum absolute atomic E-state index is 15.3. The molecule has 1 amide bonds. The molecule has 0 radical (unpaired) electrons. The van der Waals surface area contributed by atoms with Crippen molar-refractivity contribution in [2.75, 3.05) is 63.1 Å². The average molecular weight is 602 g/mol. The van der Waals surface area contributed by atoms with Gasteiger partial charge in [0.05, 0.1) is 23.8 Å². The van der Waals surface area contributed by atoms with Gasteiger partial charge in [0.2, 0.25) is 5.91 Å². The lowest BCUT2D eigenvalue weighted by molar-refractivity contribution is -0.126. The number of thioether (sulfide) groups is 1. The van der Waals surface area contributed by atoms with Crippen LogP contribution in [0.15, 0.2) is 40.5 Å². The van der Waals surface area contributed by atoms with Crippen molar-refractivity contribution in [1.29, 1.82) is 0 Å². The summed E-state index contributed by atoms with van der Waals surface area (Å²) >= 11 is 7.70. The number of aromatic nitrogens is 2. The molecule has 4 heterocycles. The number of rotatable bonds is 4. The summed E-state index contributed by atoms with van der Waals surface area (Å²) in [6.07, 6.45) is 1.31. The fourth-order valence-electron chi connectivity index (χ4n) is 6.00. The van der Waals surface area contributed by atoms with Crippen molar-refractivity contribution < 1.29 is 18.3 Å². The maximum Gasteiger partial charge on any atom is 0.350 e. The minimum atomic E-state index is -0.824. The Bertz CT molecular complexity index is 1600. The van der Waals surface area contributed by atoms with E-state index in [-0.39, 0.29) is 28.2 Å². The molecule has 0 saturated carbocycles. The summed E-state index contributed by atoms with van der Waals surface area (Å²) in [5, 5.41) is 0.616. The Balaban J connectivity index is 1.53. The number of hydrogen-bond donors (Lipinski definition) is 0. The third-order valence-corrected chi connectivity index (χ3v) is 9.64. The van der Waals surface area contributed by atoms with Crippen LogP contribution in [0.1, 0.15) is 5.56 Å². The number of amides is 1. The van der Waals surface area contributed by atoms with Crippen LogP contribution in [0.25, 0.3) is 22.0 Å². The van der Waals surface area contributed by atoms with E-state index in [1.165, 1.54) is 12.1 Å². The van der Waals surface area contributed by atoms with Gasteiger partial charge in [-0.05, 0) is 30.7 Å². The van der Waals surface area contributed by atoms with Gasteiger partial charge in [0.25, 0.3) is 0 Å². The zero-order valence-corrected chi connectivity index (χ0v) is 24.2. The van der Waals surface area contributed by atoms with E-state index in [1.54, 1.807) is 21.2 Å². The lowest BCUT2D eigenvalue weighted by Crippen LogP contribution is -2.49. The highest BCUT2D eigenvalue weighted by Gasteiger charge is 2.32. The summed E-state index contributed by atoms with van der Waals surface area (Å²) in [6.45, 7) is 10.6. The molecule has 12 heteroatoms. The first-order chi connectivity index (χ1) is 19.8. The molecular formula is C29H30ClF2N5O3S. The summed E-state index contributed by atoms with van der Waals surface area (Å²) in [5.41, 5.74) is 1.85. The minimum absolute atomic E-state index is 0.0353. The van der Waals surface area contributed by atoms with Crippen LogP contribution in [0.2, 0.25) is 5.02 Å². The van der Waals surface area contributed by atoms with Crippen LogP contribution in [-0.2, 0) is 16.1 Å². The van der Waals surface area contributed by atoms with Crippen molar-refractivity contribution in [3.05, 3.63) is 63.6 Å². The highest BCUT2D eigenvalue weighted by atomic mass is 35.5. The minimum Gasteiger partial charge on any atom is -0.379 e. The second kappa shape index (κ2) is 11.4. The van der Waals surface area contributed by atoms with Crippen molar-refractivity contribution in [2.45, 2.75) is 24.4 Å². The second-order valence-electron chi connectivity index (χ2n) is 10.5. The van der Waals surface area contributed by atoms with Gasteiger partial charge in [0.15, 0.2) is 0 Å². The molecule has 3 aliphatic rings. The SMILES string of the molecule is C=CC(=O)N1CCN(c2nc(=O)n3c4c(c(-c5cc(Cl)c(F)cc5F)c(C)cc24)SCC(N2CCOCC2)C3)CC1. The van der Waals surface area contributed by atoms with E-state index in [0.29, 0.717) is 68.6 Å². The molecule has 1 aromatic heterocycles. The normalized spacial score (nSPS) is 19.9. The van der Waals surface area contributed by atoms with Crippen LogP contribution in [0, 0.1) is 18.6 Å². The van der Waals surface area contributed by atoms with E-state index in [2.05, 4.69) is 16.5 Å². The van der Waals surface area contributed by atoms with Gasteiger partial charge in [0.1, 0.15) is 17.5 Å². The number of nitrogens with zero attached hydrogens (tertiary/aromatic N) is 5. The predicted molar refractivity (Wildman–Crippen MR) is 157 cm³/mol. The van der Waals surface area contributed by atoms with E-state index < -0.39 is 11.6 Å². The van der Waals surface area contributed by atoms with E-state index in [9.17, 15) is 14.0 Å². The zero-order valence-electron chi connectivity index (χ0n) is 22.7. The third kappa shape index (κ3) is 5.13. The number of hydrogen-bond acceptors (Lipinski definition) is 7. The van der Waals surface area contributed by atoms with Crippen LogP contribution in [-0.4, -0.2) is 89.5 Å². The Morgan fingerprint density at radius 3 is 2.56 bits per heavy atom. The van der Waals surface area contributed by atoms with Crippen molar-refractivity contribution in [1.82, 2.24) is 19.4 Å². The Labute approximate surface area is 245 Å². The van der Waals surface area contributed by atoms with Crippen molar-refractivity contribution in [2.24, 2.45) is 0 Å². The van der Waals surface area contributed by atoms with Gasteiger partial charge in [-0.2, -0.15) is 4.98 Å². The maximum atomic E-state index is 15.3. The van der Waals surface area contributed by atoms with Crippen molar-refractivity contribution in [3.8, 4) is 11.1 Å². The fourth-order valence-corrected chi connectivity index (χ4v) is 7.61. The highest BCUT2D eigenvalue weighted by molar-refractivity contribution is 7.99. The van der Waals surface area contributed by atoms with Crippen LogP contribution in [0.4, 0.5) is 14.6 Å². The molecule has 1 unspecified atom stereocenters. The summed E-state index contributed by atoms with van der Waals surface area (Å²) < 4.78 is 36.7. The largest absolute Gasteiger partial charge is 0.379 e. The number of carbonyl (C=O) groups excluding carboxylic acids is 1. The fraction of sp³-hybridized carbons (Fsp3) is 0.414. The van der Waals surface area contributed by atoms with Gasteiger partial charge < -0.3 is 14.5 Å². The van der Waals surface area contributed by atoms with E-state index in [1.807, 2.05) is 17.9 Å². The van der Waals surface area contributed by atoms with E-state index in [4.69, 9.17) is 16.3 Å². The number of benzene rings is 2. The molecule has 8 nitrogen and oxygen atoms in total. The van der Waals surface area contributed by atoms with E-state index in [0.717, 1.165) is 35.0 Å². The Morgan fingerprint density at radius 1 is 1.12 bits per heavy atom. The Morgan fingerprint density at radius 2 is 1.85 bits per heavy atom. The van der Waals surface area contributed by atoms with Gasteiger partial charge in [-0.3, -0.25) is 14.3 Å². The molecule has 0 spiro atoms. The molecule has 2 fully saturated rings. The molecule has 3 aliphatic heterocycles. The molecule has 41 heavy (non-hydrogen) atoms. The first kappa shape index (κ1) is 28.1. The van der Waals surface area contributed by atoms with Crippen LogP contribution in [0.5, 0.6) is 0 Å². The van der Waals surface area contributed by atoms with Gasteiger partial charge >= 0.3 is 5.69 Å². The number of piperazine rings is 1. The molecule has 2 aromatic carbocycles. The van der Waals surface area contributed by atoms with Crippen LogP contribution >= 0.6 is 23.4 Å². The van der Waals surface area contributed by atoms with E-state index >= 15 is 4.39 Å². The first-order valence-electron chi connectivity index (χ1n) is 13.6. The molecule has 2 saturated heterocycles. The average Bonchev–Trinajstić information content (AvgIpc) is 3.18. The number of morpholine rings is 1. The van der Waals surface area contributed by atoms with Gasteiger partial charge in [0, 0.05) is 85.1 Å². The number of anilines is 1. The monoisotopic (exact) mass is 601 g/mol. The van der Waals surface area contributed by atoms with Gasteiger partial charge in [-0.15, -0.1) is 11.8 Å². The van der Waals surface area contributed by atoms with Gasteiger partial charge in [-0.1, -0.05) is 18.2 Å². The number of aryl methyl sites for hydroxylation is 1. The first-order valence-corrected chi connectivity index (χ1v) is 15.0. The lowest BCUT2D eigenvalue weighted by Gasteiger charge is -2.36. The summed E-state index contributed by atoms with van der Waals surface area (Å²) in [6, 6.07) is 4.09. The second-order valence-corrected chi connectivity index (χ2v) is 11.9. The molecule has 216 valence electrons. The zero-order chi connectivity index (χ0) is 28.8. The number of ether oxygens (including phenoxy) is 1. The molecule has 0 N–H and O–H groups in total. The predicted octanol–water partition coefficient (Wildman–Crippen LogP) is 3.94. The standard InChI is InChI=1S/C29H30ClF2N5O3S/c1-3-24(38)35-4-6-36(7-5-35)28-20-12-17(2)25(19-13-21(30)23(32)14-22(19)31)27-26(20)37(29(39)33-28)15-18(16-41-27)34-8-10-40-11-9-34/h3,12-14,18H,1,4-11,15-16H2,2H3.